The van der Waals surface area contributed by atoms with E-state index >= 15 is 0 Å². The number of hydrogen-bond acceptors (Lipinski definition) is 4. The molecule has 1 saturated carbocycles. The van der Waals surface area contributed by atoms with E-state index in [4.69, 9.17) is 11.6 Å². The van der Waals surface area contributed by atoms with E-state index in [1.54, 1.807) is 14.0 Å². The van der Waals surface area contributed by atoms with Crippen molar-refractivity contribution in [2.24, 2.45) is 11.8 Å². The highest BCUT2D eigenvalue weighted by atomic mass is 35.5. The maximum Gasteiger partial charge on any atom is 0.226 e. The predicted octanol–water partition coefficient (Wildman–Crippen LogP) is 5.25. The van der Waals surface area contributed by atoms with Crippen molar-refractivity contribution in [1.82, 2.24) is 14.8 Å². The molecule has 1 saturated heterocycles. The molecule has 0 radical (unpaired) electrons. The Hall–Kier alpha value is -2.18. The lowest BCUT2D eigenvalue weighted by molar-refractivity contribution is -0.141. The van der Waals surface area contributed by atoms with Crippen molar-refractivity contribution >= 4 is 40.0 Å². The Kier molecular flexibility index (Phi) is 8.33. The number of benzene rings is 1. The summed E-state index contributed by atoms with van der Waals surface area (Å²) in [6, 6.07) is 5.40. The van der Waals surface area contributed by atoms with E-state index in [2.05, 4.69) is 9.88 Å². The lowest BCUT2D eigenvalue weighted by Crippen LogP contribution is -2.45. The second kappa shape index (κ2) is 11.3. The van der Waals surface area contributed by atoms with Gasteiger partial charge in [-0.1, -0.05) is 36.9 Å². The number of amides is 1. The van der Waals surface area contributed by atoms with E-state index < -0.39 is 0 Å². The molecule has 1 aliphatic carbocycles. The fraction of sp³-hybridized carbons (Fsp3) is 0.607. The normalized spacial score (nSPS) is 20.8. The van der Waals surface area contributed by atoms with Gasteiger partial charge in [0.25, 0.3) is 0 Å². The van der Waals surface area contributed by atoms with Gasteiger partial charge in [-0.15, -0.1) is 0 Å². The second-order valence-electron chi connectivity index (χ2n) is 10.4. The number of nitrogens with zero attached hydrogens (tertiary/aromatic N) is 2. The quantitative estimate of drug-likeness (QED) is 0.478. The van der Waals surface area contributed by atoms with Gasteiger partial charge in [0, 0.05) is 53.6 Å². The minimum absolute atomic E-state index is 0.0185. The van der Waals surface area contributed by atoms with Gasteiger partial charge < -0.3 is 14.8 Å². The topological polar surface area (TPSA) is 71.4 Å². The first-order chi connectivity index (χ1) is 16.8. The number of likely N-dealkylation sites (tertiary alicyclic amines) is 1. The molecular weight excluding hydrogens is 462 g/mol. The summed E-state index contributed by atoms with van der Waals surface area (Å²) in [5, 5.41) is 4.56. The monoisotopic (exact) mass is 499 g/mol. The fourth-order valence-electron chi connectivity index (χ4n) is 6.00. The van der Waals surface area contributed by atoms with Gasteiger partial charge in [-0.25, -0.2) is 0 Å². The van der Waals surface area contributed by atoms with Gasteiger partial charge in [0.1, 0.15) is 5.78 Å². The number of fused-ring (bicyclic) bond motifs is 1. The summed E-state index contributed by atoms with van der Waals surface area (Å²) in [5.41, 5.74) is 1.60. The van der Waals surface area contributed by atoms with Gasteiger partial charge in [-0.05, 0) is 64.6 Å². The van der Waals surface area contributed by atoms with Gasteiger partial charge in [-0.3, -0.25) is 14.4 Å². The molecule has 0 bridgehead atoms. The number of Topliss-reactive ketones (excluding diaryl/α,β-unsaturated/α-hetero) is 2. The van der Waals surface area contributed by atoms with E-state index in [1.807, 2.05) is 36.2 Å². The van der Waals surface area contributed by atoms with Crippen LogP contribution in [-0.4, -0.2) is 52.6 Å². The summed E-state index contributed by atoms with van der Waals surface area (Å²) in [4.78, 5) is 41.2. The third-order valence-electron chi connectivity index (χ3n) is 8.16. The van der Waals surface area contributed by atoms with E-state index in [1.165, 1.54) is 6.42 Å². The molecule has 2 aromatic rings. The van der Waals surface area contributed by atoms with Crippen LogP contribution < -0.4 is 5.32 Å². The molecule has 190 valence electrons. The molecule has 1 aromatic heterocycles. The Morgan fingerprint density at radius 3 is 2.54 bits per heavy atom. The van der Waals surface area contributed by atoms with Crippen LogP contribution in [0, 0.1) is 11.8 Å². The van der Waals surface area contributed by atoms with Crippen molar-refractivity contribution in [1.29, 1.82) is 0 Å². The van der Waals surface area contributed by atoms with Crippen LogP contribution >= 0.6 is 11.6 Å². The predicted molar refractivity (Wildman–Crippen MR) is 140 cm³/mol. The number of halogens is 1. The average Bonchev–Trinajstić information content (AvgIpc) is 3.47. The molecule has 2 heterocycles. The highest BCUT2D eigenvalue weighted by Gasteiger charge is 2.39. The number of nitrogens with one attached hydrogen (secondary N) is 1. The third-order valence-corrected chi connectivity index (χ3v) is 8.40. The first-order valence-electron chi connectivity index (χ1n) is 13.1. The smallest absolute Gasteiger partial charge is 0.226 e. The third kappa shape index (κ3) is 5.64. The van der Waals surface area contributed by atoms with Gasteiger partial charge in [0.15, 0.2) is 5.78 Å². The Morgan fingerprint density at radius 2 is 1.86 bits per heavy atom. The Balaban J connectivity index is 1.59. The van der Waals surface area contributed by atoms with Crippen LogP contribution in [0.15, 0.2) is 24.4 Å². The molecule has 4 rings (SSSR count). The largest absolute Gasteiger partial charge is 0.345 e. The molecular formula is C28H38ClN3O3. The van der Waals surface area contributed by atoms with Crippen LogP contribution in [0.25, 0.3) is 10.9 Å². The number of rotatable bonds is 9. The molecule has 3 atom stereocenters. The fourth-order valence-corrected chi connectivity index (χ4v) is 6.17. The summed E-state index contributed by atoms with van der Waals surface area (Å²) < 4.78 is 2.08. The second-order valence-corrected chi connectivity index (χ2v) is 10.9. The van der Waals surface area contributed by atoms with Crippen LogP contribution in [-0.2, 0) is 16.1 Å². The molecule has 0 spiro atoms. The minimum atomic E-state index is -0.247. The van der Waals surface area contributed by atoms with Crippen molar-refractivity contribution in [2.75, 3.05) is 13.6 Å². The van der Waals surface area contributed by atoms with Crippen LogP contribution in [0.4, 0.5) is 0 Å². The van der Waals surface area contributed by atoms with Gasteiger partial charge >= 0.3 is 0 Å². The molecule has 1 N–H and O–H groups in total. The van der Waals surface area contributed by atoms with E-state index in [9.17, 15) is 14.4 Å². The van der Waals surface area contributed by atoms with E-state index in [-0.39, 0.29) is 41.4 Å². The van der Waals surface area contributed by atoms with Gasteiger partial charge in [-0.2, -0.15) is 0 Å². The molecule has 6 nitrogen and oxygen atoms in total. The SMILES string of the molecule is CN[C@@H](C)C(=O)C[C@H](C(=O)N1CCC[C@H]1Cn1cc(C(C)=O)c2ccc(Cl)cc21)C1CCCCC1. The van der Waals surface area contributed by atoms with Crippen LogP contribution in [0.3, 0.4) is 0 Å². The average molecular weight is 500 g/mol. The maximum absolute atomic E-state index is 14.0. The lowest BCUT2D eigenvalue weighted by Gasteiger charge is -2.35. The highest BCUT2D eigenvalue weighted by Crippen LogP contribution is 2.35. The minimum Gasteiger partial charge on any atom is -0.345 e. The summed E-state index contributed by atoms with van der Waals surface area (Å²) >= 11 is 6.29. The summed E-state index contributed by atoms with van der Waals surface area (Å²) in [6.07, 6.45) is 9.62. The highest BCUT2D eigenvalue weighted by molar-refractivity contribution is 6.31. The Labute approximate surface area is 213 Å². The molecule has 7 heteroatoms. The van der Waals surface area contributed by atoms with Crippen molar-refractivity contribution in [3.8, 4) is 0 Å². The zero-order valence-corrected chi connectivity index (χ0v) is 21.9. The zero-order valence-electron chi connectivity index (χ0n) is 21.2. The first kappa shape index (κ1) is 25.9. The van der Waals surface area contributed by atoms with E-state index in [0.29, 0.717) is 23.6 Å². The Morgan fingerprint density at radius 1 is 1.11 bits per heavy atom. The van der Waals surface area contributed by atoms with Crippen molar-refractivity contribution in [3.05, 3.63) is 35.0 Å². The van der Waals surface area contributed by atoms with E-state index in [0.717, 1.165) is 56.0 Å². The van der Waals surface area contributed by atoms with Crippen LogP contribution in [0.5, 0.6) is 0 Å². The van der Waals surface area contributed by atoms with Gasteiger partial charge in [0.2, 0.25) is 5.91 Å². The lowest BCUT2D eigenvalue weighted by atomic mass is 9.76. The molecule has 35 heavy (non-hydrogen) atoms. The molecule has 1 amide bonds. The first-order valence-corrected chi connectivity index (χ1v) is 13.5. The van der Waals surface area contributed by atoms with Crippen molar-refractivity contribution < 1.29 is 14.4 Å². The number of carbonyl (C=O) groups is 3. The van der Waals surface area contributed by atoms with Crippen LogP contribution in [0.2, 0.25) is 5.02 Å². The molecule has 1 aliphatic heterocycles. The summed E-state index contributed by atoms with van der Waals surface area (Å²) in [6.45, 7) is 4.80. The molecule has 2 aliphatic rings. The van der Waals surface area contributed by atoms with Crippen molar-refractivity contribution in [2.45, 2.75) is 83.8 Å². The number of aromatic nitrogens is 1. The standard InChI is InChI=1S/C28H38ClN3O3/c1-18(30-3)27(34)15-24(20-8-5-4-6-9-20)28(35)32-13-7-10-22(32)16-31-17-25(19(2)33)23-12-11-21(29)14-26(23)31/h11-12,14,17-18,20,22,24,30H,4-10,13,15-16H2,1-3H3/t18-,22-,24-/m0/s1. The molecule has 2 fully saturated rings. The number of hydrogen-bond donors (Lipinski definition) is 1. The van der Waals surface area contributed by atoms with Gasteiger partial charge in [0.05, 0.1) is 11.6 Å². The molecule has 0 unspecified atom stereocenters. The Bertz CT molecular complexity index is 1090. The molecule has 1 aromatic carbocycles. The number of carbonyl (C=O) groups excluding carboxylic acids is 3. The van der Waals surface area contributed by atoms with Crippen LogP contribution in [0.1, 0.15) is 75.6 Å². The van der Waals surface area contributed by atoms with Crippen molar-refractivity contribution in [3.63, 3.8) is 0 Å². The zero-order chi connectivity index (χ0) is 25.1. The number of likely N-dealkylation sites (N-methyl/N-ethyl adjacent to an activating group) is 1. The number of ketones is 2. The maximum atomic E-state index is 14.0. The summed E-state index contributed by atoms with van der Waals surface area (Å²) in [5.74, 6) is 0.301. The summed E-state index contributed by atoms with van der Waals surface area (Å²) in [7, 11) is 1.79.